The summed E-state index contributed by atoms with van der Waals surface area (Å²) in [6.07, 6.45) is 1.44. The van der Waals surface area contributed by atoms with Gasteiger partial charge in [-0.1, -0.05) is 0 Å². The SMILES string of the molecule is CC(OCCOCCCCO)S(=O)(=O)O. The maximum atomic E-state index is 10.5. The van der Waals surface area contributed by atoms with E-state index in [1.807, 2.05) is 0 Å². The van der Waals surface area contributed by atoms with Crippen LogP contribution in [0.15, 0.2) is 0 Å². The summed E-state index contributed by atoms with van der Waals surface area (Å²) in [6.45, 7) is 2.27. The van der Waals surface area contributed by atoms with Crippen LogP contribution in [-0.2, 0) is 19.6 Å². The molecule has 15 heavy (non-hydrogen) atoms. The fourth-order valence-electron chi connectivity index (χ4n) is 0.777. The summed E-state index contributed by atoms with van der Waals surface area (Å²) in [5, 5.41) is 8.46. The average molecular weight is 242 g/mol. The summed E-state index contributed by atoms with van der Waals surface area (Å²) in [5.74, 6) is 0. The Hall–Kier alpha value is -0.210. The van der Waals surface area contributed by atoms with Gasteiger partial charge in [0.25, 0.3) is 10.1 Å². The van der Waals surface area contributed by atoms with E-state index in [-0.39, 0.29) is 19.8 Å². The summed E-state index contributed by atoms with van der Waals surface area (Å²) in [6, 6.07) is 0. The number of aliphatic hydroxyl groups excluding tert-OH is 1. The molecular weight excluding hydrogens is 224 g/mol. The normalized spacial score (nSPS) is 14.1. The number of aliphatic hydroxyl groups is 1. The maximum absolute atomic E-state index is 10.5. The third-order valence-electron chi connectivity index (χ3n) is 1.70. The van der Waals surface area contributed by atoms with Gasteiger partial charge < -0.3 is 14.6 Å². The Labute approximate surface area is 89.9 Å². The highest BCUT2D eigenvalue weighted by molar-refractivity contribution is 7.86. The van der Waals surface area contributed by atoms with Gasteiger partial charge >= 0.3 is 0 Å². The van der Waals surface area contributed by atoms with Crippen molar-refractivity contribution in [3.63, 3.8) is 0 Å². The summed E-state index contributed by atoms with van der Waals surface area (Å²) in [5.41, 5.74) is -1.22. The van der Waals surface area contributed by atoms with Gasteiger partial charge in [0, 0.05) is 13.2 Å². The smallest absolute Gasteiger partial charge is 0.291 e. The van der Waals surface area contributed by atoms with E-state index in [1.165, 1.54) is 6.92 Å². The highest BCUT2D eigenvalue weighted by Gasteiger charge is 2.16. The first-order valence-electron chi connectivity index (χ1n) is 4.75. The average Bonchev–Trinajstić information content (AvgIpc) is 2.14. The number of ether oxygens (including phenoxy) is 2. The van der Waals surface area contributed by atoms with Crippen LogP contribution in [0.3, 0.4) is 0 Å². The Morgan fingerprint density at radius 3 is 2.40 bits per heavy atom. The van der Waals surface area contributed by atoms with Crippen LogP contribution in [0.5, 0.6) is 0 Å². The van der Waals surface area contributed by atoms with Crippen molar-refractivity contribution in [2.24, 2.45) is 0 Å². The van der Waals surface area contributed by atoms with Crippen LogP contribution in [0.4, 0.5) is 0 Å². The minimum Gasteiger partial charge on any atom is -0.396 e. The molecule has 0 aliphatic carbocycles. The van der Waals surface area contributed by atoms with E-state index in [2.05, 4.69) is 0 Å². The van der Waals surface area contributed by atoms with Gasteiger partial charge in [0.15, 0.2) is 5.44 Å². The van der Waals surface area contributed by atoms with Crippen LogP contribution in [0.2, 0.25) is 0 Å². The molecule has 0 fully saturated rings. The second-order valence-electron chi connectivity index (χ2n) is 3.00. The Morgan fingerprint density at radius 1 is 1.20 bits per heavy atom. The van der Waals surface area contributed by atoms with E-state index < -0.39 is 15.6 Å². The van der Waals surface area contributed by atoms with E-state index >= 15 is 0 Å². The van der Waals surface area contributed by atoms with E-state index in [4.69, 9.17) is 19.1 Å². The number of rotatable bonds is 9. The van der Waals surface area contributed by atoms with Crippen LogP contribution in [0.1, 0.15) is 19.8 Å². The van der Waals surface area contributed by atoms with Gasteiger partial charge in [0.1, 0.15) is 0 Å². The molecule has 0 aliphatic rings. The predicted molar refractivity (Wildman–Crippen MR) is 54.1 cm³/mol. The molecule has 0 aromatic rings. The van der Waals surface area contributed by atoms with Crippen LogP contribution in [0.25, 0.3) is 0 Å². The molecule has 0 radical (unpaired) electrons. The monoisotopic (exact) mass is 242 g/mol. The molecule has 0 aliphatic heterocycles. The number of hydrogen-bond acceptors (Lipinski definition) is 5. The zero-order chi connectivity index (χ0) is 11.7. The molecule has 0 saturated heterocycles. The lowest BCUT2D eigenvalue weighted by Gasteiger charge is -2.09. The summed E-state index contributed by atoms with van der Waals surface area (Å²) in [4.78, 5) is 0. The molecule has 6 nitrogen and oxygen atoms in total. The van der Waals surface area contributed by atoms with Crippen molar-refractivity contribution in [3.8, 4) is 0 Å². The predicted octanol–water partition coefficient (Wildman–Crippen LogP) is 0.0259. The molecule has 0 heterocycles. The highest BCUT2D eigenvalue weighted by Crippen LogP contribution is 1.99. The van der Waals surface area contributed by atoms with E-state index in [0.717, 1.165) is 6.42 Å². The largest absolute Gasteiger partial charge is 0.396 e. The van der Waals surface area contributed by atoms with Gasteiger partial charge in [0.05, 0.1) is 13.2 Å². The van der Waals surface area contributed by atoms with Crippen molar-refractivity contribution >= 4 is 10.1 Å². The molecule has 1 atom stereocenters. The zero-order valence-electron chi connectivity index (χ0n) is 8.76. The number of unbranched alkanes of at least 4 members (excludes halogenated alkanes) is 1. The number of hydrogen-bond donors (Lipinski definition) is 2. The lowest BCUT2D eigenvalue weighted by Crippen LogP contribution is -2.22. The second-order valence-corrected chi connectivity index (χ2v) is 4.69. The van der Waals surface area contributed by atoms with Crippen molar-refractivity contribution in [2.45, 2.75) is 25.2 Å². The first kappa shape index (κ1) is 14.8. The molecule has 0 amide bonds. The van der Waals surface area contributed by atoms with Crippen LogP contribution in [-0.4, -0.2) is 49.9 Å². The first-order chi connectivity index (χ1) is 6.98. The Morgan fingerprint density at radius 2 is 1.87 bits per heavy atom. The van der Waals surface area contributed by atoms with E-state index in [9.17, 15) is 8.42 Å². The quantitative estimate of drug-likeness (QED) is 0.437. The fraction of sp³-hybridized carbons (Fsp3) is 1.00. The van der Waals surface area contributed by atoms with Crippen LogP contribution < -0.4 is 0 Å². The van der Waals surface area contributed by atoms with Gasteiger partial charge in [0.2, 0.25) is 0 Å². The molecule has 7 heteroatoms. The molecule has 0 aromatic carbocycles. The molecule has 2 N–H and O–H groups in total. The van der Waals surface area contributed by atoms with Crippen molar-refractivity contribution < 1.29 is 27.6 Å². The minimum atomic E-state index is -4.12. The van der Waals surface area contributed by atoms with Crippen LogP contribution in [0, 0.1) is 0 Å². The molecule has 1 unspecified atom stereocenters. The van der Waals surface area contributed by atoms with Gasteiger partial charge in [-0.15, -0.1) is 0 Å². The van der Waals surface area contributed by atoms with Crippen molar-refractivity contribution in [1.29, 1.82) is 0 Å². The molecule has 0 aromatic heterocycles. The molecule has 92 valence electrons. The standard InChI is InChI=1S/C8H18O6S/c1-8(15(10,11)12)14-7-6-13-5-3-2-4-9/h8-9H,2-7H2,1H3,(H,10,11,12). The Balaban J connectivity index is 3.32. The first-order valence-corrected chi connectivity index (χ1v) is 6.25. The van der Waals surface area contributed by atoms with Crippen LogP contribution >= 0.6 is 0 Å². The summed E-state index contributed by atoms with van der Waals surface area (Å²) in [7, 11) is -4.12. The molecule has 0 spiro atoms. The molecule has 0 saturated carbocycles. The highest BCUT2D eigenvalue weighted by atomic mass is 32.2. The zero-order valence-corrected chi connectivity index (χ0v) is 9.57. The van der Waals surface area contributed by atoms with Gasteiger partial charge in [-0.3, -0.25) is 4.55 Å². The van der Waals surface area contributed by atoms with Gasteiger partial charge in [-0.2, -0.15) is 8.42 Å². The lowest BCUT2D eigenvalue weighted by molar-refractivity contribution is 0.0350. The molecular formula is C8H18O6S. The Bertz CT molecular complexity index is 238. The third kappa shape index (κ3) is 8.76. The molecule has 0 bridgehead atoms. The van der Waals surface area contributed by atoms with E-state index in [1.54, 1.807) is 0 Å². The second kappa shape index (κ2) is 8.00. The topological polar surface area (TPSA) is 93.1 Å². The maximum Gasteiger partial charge on any atom is 0.291 e. The van der Waals surface area contributed by atoms with Gasteiger partial charge in [-0.25, -0.2) is 0 Å². The third-order valence-corrected chi connectivity index (χ3v) is 2.67. The van der Waals surface area contributed by atoms with Gasteiger partial charge in [-0.05, 0) is 19.8 Å². The molecule has 0 rings (SSSR count). The Kier molecular flexibility index (Phi) is 7.89. The minimum absolute atomic E-state index is 0.111. The van der Waals surface area contributed by atoms with E-state index in [0.29, 0.717) is 13.0 Å². The lowest BCUT2D eigenvalue weighted by atomic mass is 10.3. The fourth-order valence-corrected chi connectivity index (χ4v) is 1.05. The summed E-state index contributed by atoms with van der Waals surface area (Å²) >= 11 is 0. The summed E-state index contributed by atoms with van der Waals surface area (Å²) < 4.78 is 39.4. The van der Waals surface area contributed by atoms with Crippen molar-refractivity contribution in [1.82, 2.24) is 0 Å². The van der Waals surface area contributed by atoms with Crippen molar-refractivity contribution in [2.75, 3.05) is 26.4 Å². The van der Waals surface area contributed by atoms with Crippen molar-refractivity contribution in [3.05, 3.63) is 0 Å².